The molecule has 3 atom stereocenters. The van der Waals surface area contributed by atoms with Crippen LogP contribution in [0.2, 0.25) is 0 Å². The molecular formula is C25H31N3O6. The molecular weight excluding hydrogens is 438 g/mol. The van der Waals surface area contributed by atoms with Gasteiger partial charge in [-0.25, -0.2) is 9.59 Å². The van der Waals surface area contributed by atoms with Crippen molar-refractivity contribution in [3.8, 4) is 11.1 Å². The van der Waals surface area contributed by atoms with Crippen LogP contribution in [-0.4, -0.2) is 80.5 Å². The highest BCUT2D eigenvalue weighted by molar-refractivity contribution is 5.90. The molecule has 0 radical (unpaired) electrons. The highest BCUT2D eigenvalue weighted by Crippen LogP contribution is 2.44. The molecule has 0 saturated carbocycles. The lowest BCUT2D eigenvalue weighted by molar-refractivity contribution is -0.143. The molecule has 2 aromatic rings. The van der Waals surface area contributed by atoms with Crippen molar-refractivity contribution < 1.29 is 29.0 Å². The minimum absolute atomic E-state index is 0.0912. The second-order valence-electron chi connectivity index (χ2n) is 8.55. The van der Waals surface area contributed by atoms with Gasteiger partial charge in [-0.1, -0.05) is 48.5 Å². The number of carbonyl (C=O) groups excluding carboxylic acids is 2. The van der Waals surface area contributed by atoms with E-state index < -0.39 is 36.2 Å². The number of alkyl carbamates (subject to hydrolysis) is 1. The summed E-state index contributed by atoms with van der Waals surface area (Å²) < 4.78 is 10.8. The van der Waals surface area contributed by atoms with Crippen LogP contribution in [0.3, 0.4) is 0 Å². The van der Waals surface area contributed by atoms with Gasteiger partial charge in [0, 0.05) is 19.6 Å². The Balaban J connectivity index is 1.68. The van der Waals surface area contributed by atoms with Crippen LogP contribution in [-0.2, 0) is 19.1 Å². The first-order valence-electron chi connectivity index (χ1n) is 11.0. The molecule has 0 fully saturated rings. The van der Waals surface area contributed by atoms with Gasteiger partial charge >= 0.3 is 12.1 Å². The molecule has 0 heterocycles. The van der Waals surface area contributed by atoms with Crippen molar-refractivity contribution in [3.05, 3.63) is 59.7 Å². The summed E-state index contributed by atoms with van der Waals surface area (Å²) in [5.41, 5.74) is 4.36. The van der Waals surface area contributed by atoms with E-state index in [1.54, 1.807) is 25.9 Å². The molecule has 0 aromatic heterocycles. The molecule has 0 aliphatic heterocycles. The average molecular weight is 470 g/mol. The first-order valence-corrected chi connectivity index (χ1v) is 11.0. The van der Waals surface area contributed by atoms with Crippen LogP contribution in [0.5, 0.6) is 0 Å². The minimum Gasteiger partial charge on any atom is -0.480 e. The average Bonchev–Trinajstić information content (AvgIpc) is 3.13. The highest BCUT2D eigenvalue weighted by Gasteiger charge is 2.33. The maximum absolute atomic E-state index is 12.8. The number of methoxy groups -OCH3 is 1. The van der Waals surface area contributed by atoms with E-state index >= 15 is 0 Å². The smallest absolute Gasteiger partial charge is 0.407 e. The third-order valence-electron chi connectivity index (χ3n) is 5.90. The highest BCUT2D eigenvalue weighted by atomic mass is 16.5. The van der Waals surface area contributed by atoms with Gasteiger partial charge in [-0.3, -0.25) is 4.79 Å². The summed E-state index contributed by atoms with van der Waals surface area (Å²) in [5, 5.41) is 14.4. The van der Waals surface area contributed by atoms with Crippen molar-refractivity contribution in [1.82, 2.24) is 15.5 Å². The molecule has 182 valence electrons. The Hall–Kier alpha value is -3.43. The molecule has 9 nitrogen and oxygen atoms in total. The van der Waals surface area contributed by atoms with Crippen molar-refractivity contribution in [2.45, 2.75) is 31.0 Å². The van der Waals surface area contributed by atoms with E-state index in [4.69, 9.17) is 9.47 Å². The zero-order valence-corrected chi connectivity index (χ0v) is 19.8. The number of amides is 2. The van der Waals surface area contributed by atoms with Gasteiger partial charge in [-0.05, 0) is 43.3 Å². The summed E-state index contributed by atoms with van der Waals surface area (Å²) in [6.07, 6.45) is -1.50. The summed E-state index contributed by atoms with van der Waals surface area (Å²) in [4.78, 5) is 38.6. The first kappa shape index (κ1) is 25.2. The molecule has 3 unspecified atom stereocenters. The Morgan fingerprint density at radius 1 is 1.00 bits per heavy atom. The van der Waals surface area contributed by atoms with Gasteiger partial charge in [0.15, 0.2) is 0 Å². The van der Waals surface area contributed by atoms with Crippen LogP contribution in [0, 0.1) is 0 Å². The Morgan fingerprint density at radius 3 is 2.06 bits per heavy atom. The number of hydrogen-bond donors (Lipinski definition) is 3. The third-order valence-corrected chi connectivity index (χ3v) is 5.90. The van der Waals surface area contributed by atoms with Crippen LogP contribution in [0.25, 0.3) is 11.1 Å². The molecule has 3 rings (SSSR count). The Kier molecular flexibility index (Phi) is 8.25. The minimum atomic E-state index is -1.17. The number of fused-ring (bicyclic) bond motifs is 3. The van der Waals surface area contributed by atoms with Gasteiger partial charge in [0.05, 0.1) is 6.10 Å². The zero-order valence-electron chi connectivity index (χ0n) is 19.8. The number of rotatable bonds is 10. The summed E-state index contributed by atoms with van der Waals surface area (Å²) in [7, 11) is 4.80. The lowest BCUT2D eigenvalue weighted by atomic mass is 9.98. The Bertz CT molecular complexity index is 995. The fourth-order valence-corrected chi connectivity index (χ4v) is 4.11. The number of likely N-dealkylation sites (N-methyl/N-ethyl adjacent to an activating group) is 1. The second kappa shape index (κ2) is 11.1. The maximum Gasteiger partial charge on any atom is 0.407 e. The van der Waals surface area contributed by atoms with Crippen LogP contribution in [0.4, 0.5) is 4.79 Å². The van der Waals surface area contributed by atoms with E-state index in [2.05, 4.69) is 10.6 Å². The van der Waals surface area contributed by atoms with Crippen LogP contribution < -0.4 is 10.6 Å². The lowest BCUT2D eigenvalue weighted by Crippen LogP contribution is -2.57. The molecule has 0 saturated heterocycles. The normalized spacial score (nSPS) is 15.1. The molecule has 1 aliphatic carbocycles. The molecule has 9 heteroatoms. The van der Waals surface area contributed by atoms with Gasteiger partial charge < -0.3 is 30.1 Å². The SMILES string of the molecule is COC(C)C(NC(=O)OCC1c2ccccc2-c2ccccc21)C(=O)NC(CN(C)C)C(=O)O. The first-order chi connectivity index (χ1) is 16.2. The Morgan fingerprint density at radius 2 is 1.56 bits per heavy atom. The quantitative estimate of drug-likeness (QED) is 0.488. The number of nitrogens with one attached hydrogen (secondary N) is 2. The van der Waals surface area contributed by atoms with Gasteiger partial charge in [0.25, 0.3) is 0 Å². The predicted molar refractivity (Wildman–Crippen MR) is 127 cm³/mol. The summed E-state index contributed by atoms with van der Waals surface area (Å²) in [5.74, 6) is -1.97. The molecule has 2 amide bonds. The fraction of sp³-hybridized carbons (Fsp3) is 0.400. The zero-order chi connectivity index (χ0) is 24.8. The van der Waals surface area contributed by atoms with E-state index in [0.717, 1.165) is 22.3 Å². The number of benzene rings is 2. The molecule has 3 N–H and O–H groups in total. The number of carboxylic acids is 1. The van der Waals surface area contributed by atoms with Crippen LogP contribution in [0.15, 0.2) is 48.5 Å². The van der Waals surface area contributed by atoms with Gasteiger partial charge in [0.1, 0.15) is 18.7 Å². The van der Waals surface area contributed by atoms with Crippen molar-refractivity contribution in [2.24, 2.45) is 0 Å². The number of aliphatic carboxylic acids is 1. The van der Waals surface area contributed by atoms with E-state index in [0.29, 0.717) is 0 Å². The van der Waals surface area contributed by atoms with Crippen LogP contribution >= 0.6 is 0 Å². The summed E-state index contributed by atoms with van der Waals surface area (Å²) in [6, 6.07) is 13.7. The molecule has 2 aromatic carbocycles. The van der Waals surface area contributed by atoms with E-state index in [1.165, 1.54) is 7.11 Å². The molecule has 1 aliphatic rings. The third kappa shape index (κ3) is 5.73. The molecule has 0 spiro atoms. The van der Waals surface area contributed by atoms with Crippen molar-refractivity contribution >= 4 is 18.0 Å². The number of carbonyl (C=O) groups is 3. The topological polar surface area (TPSA) is 117 Å². The van der Waals surface area contributed by atoms with Crippen LogP contribution in [0.1, 0.15) is 24.0 Å². The maximum atomic E-state index is 12.8. The number of carboxylic acid groups (broad SMARTS) is 1. The van der Waals surface area contributed by atoms with Gasteiger partial charge in [-0.15, -0.1) is 0 Å². The number of nitrogens with zero attached hydrogens (tertiary/aromatic N) is 1. The van der Waals surface area contributed by atoms with Gasteiger partial charge in [-0.2, -0.15) is 0 Å². The summed E-state index contributed by atoms with van der Waals surface area (Å²) >= 11 is 0. The van der Waals surface area contributed by atoms with E-state index in [-0.39, 0.29) is 19.1 Å². The number of ether oxygens (including phenoxy) is 2. The Labute approximate surface area is 199 Å². The lowest BCUT2D eigenvalue weighted by Gasteiger charge is -2.26. The monoisotopic (exact) mass is 469 g/mol. The van der Waals surface area contributed by atoms with Crippen molar-refractivity contribution in [3.63, 3.8) is 0 Å². The second-order valence-corrected chi connectivity index (χ2v) is 8.55. The molecule has 34 heavy (non-hydrogen) atoms. The molecule has 0 bridgehead atoms. The van der Waals surface area contributed by atoms with Crippen molar-refractivity contribution in [1.29, 1.82) is 0 Å². The van der Waals surface area contributed by atoms with E-state index in [9.17, 15) is 19.5 Å². The largest absolute Gasteiger partial charge is 0.480 e. The number of hydrogen-bond acceptors (Lipinski definition) is 6. The fourth-order valence-electron chi connectivity index (χ4n) is 4.11. The standard InChI is InChI=1S/C25H31N3O6/c1-15(33-4)22(23(29)26-21(24(30)31)13-28(2)3)27-25(32)34-14-20-18-11-7-5-9-16(18)17-10-6-8-12-19(17)20/h5-12,15,20-22H,13-14H2,1-4H3,(H,26,29)(H,27,32)(H,30,31). The van der Waals surface area contributed by atoms with E-state index in [1.807, 2.05) is 48.5 Å². The predicted octanol–water partition coefficient (Wildman–Crippen LogP) is 2.06. The van der Waals surface area contributed by atoms with Crippen molar-refractivity contribution in [2.75, 3.05) is 34.4 Å². The summed E-state index contributed by atoms with van der Waals surface area (Å²) in [6.45, 7) is 1.80. The van der Waals surface area contributed by atoms with Gasteiger partial charge in [0.2, 0.25) is 5.91 Å².